The molecule has 0 fully saturated rings. The molecule has 1 N–H and O–H groups in total. The second-order valence-electron chi connectivity index (χ2n) is 6.66. The van der Waals surface area contributed by atoms with Gasteiger partial charge in [0, 0.05) is 6.07 Å². The van der Waals surface area contributed by atoms with Crippen LogP contribution in [0.1, 0.15) is 18.5 Å². The summed E-state index contributed by atoms with van der Waals surface area (Å²) in [5, 5.41) is 2.83. The molecule has 0 unspecified atom stereocenters. The van der Waals surface area contributed by atoms with Gasteiger partial charge in [0.2, 0.25) is 15.9 Å². The van der Waals surface area contributed by atoms with Crippen molar-refractivity contribution >= 4 is 21.6 Å². The number of ether oxygens (including phenoxy) is 3. The Balaban J connectivity index is 1.74. The maximum atomic E-state index is 12.6. The van der Waals surface area contributed by atoms with Gasteiger partial charge >= 0.3 is 0 Å². The van der Waals surface area contributed by atoms with Crippen LogP contribution in [0, 0.1) is 0 Å². The molecule has 0 radical (unpaired) electrons. The first-order valence-corrected chi connectivity index (χ1v) is 10.9. The van der Waals surface area contributed by atoms with E-state index in [4.69, 9.17) is 14.2 Å². The van der Waals surface area contributed by atoms with Gasteiger partial charge in [0.15, 0.2) is 11.5 Å². The second kappa shape index (κ2) is 8.60. The molecule has 1 aliphatic heterocycles. The number of nitrogens with one attached hydrogen (secondary N) is 1. The largest absolute Gasteiger partial charge is 0.497 e. The van der Waals surface area contributed by atoms with Gasteiger partial charge in [0.05, 0.1) is 25.1 Å². The van der Waals surface area contributed by atoms with Crippen molar-refractivity contribution in [3.63, 3.8) is 0 Å². The van der Waals surface area contributed by atoms with Crippen LogP contribution in [0.2, 0.25) is 0 Å². The molecule has 156 valence electrons. The van der Waals surface area contributed by atoms with Crippen molar-refractivity contribution in [3.05, 3.63) is 48.0 Å². The first-order chi connectivity index (χ1) is 13.8. The van der Waals surface area contributed by atoms with E-state index in [1.165, 1.54) is 0 Å². The Morgan fingerprint density at radius 2 is 1.79 bits per heavy atom. The van der Waals surface area contributed by atoms with E-state index >= 15 is 0 Å². The van der Waals surface area contributed by atoms with Crippen molar-refractivity contribution in [2.24, 2.45) is 0 Å². The van der Waals surface area contributed by atoms with Crippen molar-refractivity contribution in [2.45, 2.75) is 13.0 Å². The Hall–Kier alpha value is -2.94. The molecule has 2 aromatic carbocycles. The van der Waals surface area contributed by atoms with Gasteiger partial charge < -0.3 is 19.5 Å². The van der Waals surface area contributed by atoms with E-state index in [1.54, 1.807) is 37.4 Å². The predicted octanol–water partition coefficient (Wildman–Crippen LogP) is 2.11. The van der Waals surface area contributed by atoms with E-state index in [2.05, 4.69) is 5.32 Å². The number of fused-ring (bicyclic) bond motifs is 1. The summed E-state index contributed by atoms with van der Waals surface area (Å²) < 4.78 is 41.8. The fraction of sp³-hybridized carbons (Fsp3) is 0.350. The standard InChI is InChI=1S/C20H24N2O6S/c1-14(15-4-7-17(26-2)8-5-15)21-20(23)13-22(29(3,24)25)16-6-9-18-19(12-16)28-11-10-27-18/h4-9,12,14H,10-11,13H2,1-3H3,(H,21,23)/t14-/m1/s1. The quantitative estimate of drug-likeness (QED) is 0.737. The highest BCUT2D eigenvalue weighted by Crippen LogP contribution is 2.34. The lowest BCUT2D eigenvalue weighted by Crippen LogP contribution is -2.41. The number of hydrogen-bond donors (Lipinski definition) is 1. The number of carbonyl (C=O) groups is 1. The highest BCUT2D eigenvalue weighted by Gasteiger charge is 2.24. The Bertz CT molecular complexity index is 975. The molecule has 0 aliphatic carbocycles. The average Bonchev–Trinajstić information content (AvgIpc) is 2.71. The summed E-state index contributed by atoms with van der Waals surface area (Å²) in [5.74, 6) is 1.29. The molecule has 1 heterocycles. The average molecular weight is 420 g/mol. The zero-order chi connectivity index (χ0) is 21.0. The molecule has 1 aliphatic rings. The maximum absolute atomic E-state index is 12.6. The van der Waals surface area contributed by atoms with Crippen molar-refractivity contribution in [3.8, 4) is 17.2 Å². The normalized spacial score (nSPS) is 14.0. The number of hydrogen-bond acceptors (Lipinski definition) is 6. The van der Waals surface area contributed by atoms with Crippen molar-refractivity contribution in [1.82, 2.24) is 5.32 Å². The first-order valence-electron chi connectivity index (χ1n) is 9.08. The number of benzene rings is 2. The fourth-order valence-electron chi connectivity index (χ4n) is 2.98. The molecule has 0 bridgehead atoms. The fourth-order valence-corrected chi connectivity index (χ4v) is 3.83. The van der Waals surface area contributed by atoms with Crippen LogP contribution < -0.4 is 23.8 Å². The molecule has 1 amide bonds. The van der Waals surface area contributed by atoms with Crippen LogP contribution in [0.4, 0.5) is 5.69 Å². The summed E-state index contributed by atoms with van der Waals surface area (Å²) >= 11 is 0. The molecule has 9 heteroatoms. The Labute approximate surface area is 170 Å². The van der Waals surface area contributed by atoms with Crippen LogP contribution in [-0.4, -0.2) is 47.4 Å². The topological polar surface area (TPSA) is 94.2 Å². The monoisotopic (exact) mass is 420 g/mol. The minimum atomic E-state index is -3.69. The third-order valence-electron chi connectivity index (χ3n) is 4.49. The van der Waals surface area contributed by atoms with Gasteiger partial charge in [-0.05, 0) is 36.8 Å². The Kier molecular flexibility index (Phi) is 6.17. The van der Waals surface area contributed by atoms with Gasteiger partial charge in [-0.2, -0.15) is 0 Å². The summed E-state index contributed by atoms with van der Waals surface area (Å²) in [7, 11) is -2.11. The maximum Gasteiger partial charge on any atom is 0.241 e. The number of sulfonamides is 1. The summed E-state index contributed by atoms with van der Waals surface area (Å²) in [6.07, 6.45) is 1.06. The van der Waals surface area contributed by atoms with Crippen molar-refractivity contribution in [2.75, 3.05) is 37.4 Å². The van der Waals surface area contributed by atoms with E-state index in [0.717, 1.165) is 16.1 Å². The molecule has 0 aromatic heterocycles. The molecule has 0 saturated heterocycles. The third-order valence-corrected chi connectivity index (χ3v) is 5.64. The molecule has 8 nitrogen and oxygen atoms in total. The van der Waals surface area contributed by atoms with Crippen molar-refractivity contribution < 1.29 is 27.4 Å². The lowest BCUT2D eigenvalue weighted by Gasteiger charge is -2.25. The van der Waals surface area contributed by atoms with Crippen LogP contribution in [0.25, 0.3) is 0 Å². The van der Waals surface area contributed by atoms with E-state index in [-0.39, 0.29) is 12.6 Å². The summed E-state index contributed by atoms with van der Waals surface area (Å²) in [4.78, 5) is 12.6. The van der Waals surface area contributed by atoms with Gasteiger partial charge in [-0.1, -0.05) is 12.1 Å². The molecular formula is C20H24N2O6S. The summed E-state index contributed by atoms with van der Waals surface area (Å²) in [5.41, 5.74) is 1.22. The third kappa shape index (κ3) is 5.11. The number of amides is 1. The van der Waals surface area contributed by atoms with Crippen LogP contribution >= 0.6 is 0 Å². The van der Waals surface area contributed by atoms with Gasteiger partial charge in [-0.25, -0.2) is 8.42 Å². The number of carbonyl (C=O) groups excluding carboxylic acids is 1. The zero-order valence-electron chi connectivity index (χ0n) is 16.5. The Morgan fingerprint density at radius 3 is 2.41 bits per heavy atom. The van der Waals surface area contributed by atoms with E-state index in [9.17, 15) is 13.2 Å². The highest BCUT2D eigenvalue weighted by molar-refractivity contribution is 7.92. The smallest absolute Gasteiger partial charge is 0.241 e. The lowest BCUT2D eigenvalue weighted by molar-refractivity contribution is -0.120. The molecule has 1 atom stereocenters. The van der Waals surface area contributed by atoms with Crippen molar-refractivity contribution in [1.29, 1.82) is 0 Å². The number of methoxy groups -OCH3 is 1. The SMILES string of the molecule is COc1ccc([C@@H](C)NC(=O)CN(c2ccc3c(c2)OCCO3)S(C)(=O)=O)cc1. The predicted molar refractivity (Wildman–Crippen MR) is 109 cm³/mol. The summed E-state index contributed by atoms with van der Waals surface area (Å²) in [6, 6.07) is 11.8. The zero-order valence-corrected chi connectivity index (χ0v) is 17.4. The second-order valence-corrected chi connectivity index (χ2v) is 8.57. The van der Waals surface area contributed by atoms with Gasteiger partial charge in [0.1, 0.15) is 25.5 Å². The number of rotatable bonds is 7. The molecule has 2 aromatic rings. The lowest BCUT2D eigenvalue weighted by atomic mass is 10.1. The summed E-state index contributed by atoms with van der Waals surface area (Å²) in [6.45, 7) is 2.30. The molecule has 0 spiro atoms. The van der Waals surface area contributed by atoms with Crippen LogP contribution in [-0.2, 0) is 14.8 Å². The van der Waals surface area contributed by atoms with Crippen LogP contribution in [0.15, 0.2) is 42.5 Å². The minimum Gasteiger partial charge on any atom is -0.497 e. The Morgan fingerprint density at radius 1 is 1.14 bits per heavy atom. The molecular weight excluding hydrogens is 396 g/mol. The molecule has 29 heavy (non-hydrogen) atoms. The van der Waals surface area contributed by atoms with Gasteiger partial charge in [0.25, 0.3) is 0 Å². The van der Waals surface area contributed by atoms with Crippen LogP contribution in [0.5, 0.6) is 17.2 Å². The van der Waals surface area contributed by atoms with E-state index in [0.29, 0.717) is 36.1 Å². The molecule has 3 rings (SSSR count). The highest BCUT2D eigenvalue weighted by atomic mass is 32.2. The van der Waals surface area contributed by atoms with E-state index in [1.807, 2.05) is 19.1 Å². The minimum absolute atomic E-state index is 0.296. The van der Waals surface area contributed by atoms with E-state index < -0.39 is 15.9 Å². The first kappa shape index (κ1) is 20.8. The van der Waals surface area contributed by atoms with Crippen LogP contribution in [0.3, 0.4) is 0 Å². The number of anilines is 1. The van der Waals surface area contributed by atoms with Gasteiger partial charge in [-0.3, -0.25) is 9.10 Å². The molecule has 0 saturated carbocycles. The number of nitrogens with zero attached hydrogens (tertiary/aromatic N) is 1. The van der Waals surface area contributed by atoms with Gasteiger partial charge in [-0.15, -0.1) is 0 Å².